The van der Waals surface area contributed by atoms with Crippen molar-refractivity contribution in [1.82, 2.24) is 24.3 Å². The highest BCUT2D eigenvalue weighted by atomic mass is 35.5. The molecule has 0 amide bonds. The second-order valence-corrected chi connectivity index (χ2v) is 10.5. The van der Waals surface area contributed by atoms with Crippen LogP contribution in [0.25, 0.3) is 22.0 Å². The van der Waals surface area contributed by atoms with E-state index < -0.39 is 0 Å². The van der Waals surface area contributed by atoms with Crippen LogP contribution >= 0.6 is 11.6 Å². The Kier molecular flexibility index (Phi) is 7.93. The molecule has 1 aliphatic rings. The third-order valence-electron chi connectivity index (χ3n) is 6.99. The highest BCUT2D eigenvalue weighted by Gasteiger charge is 2.21. The highest BCUT2D eigenvalue weighted by molar-refractivity contribution is 6.30. The number of pyridine rings is 1. The largest absolute Gasteiger partial charge is 0.365 e. The van der Waals surface area contributed by atoms with E-state index in [9.17, 15) is 4.79 Å². The first-order chi connectivity index (χ1) is 18.4. The van der Waals surface area contributed by atoms with Gasteiger partial charge in [0.2, 0.25) is 5.95 Å². The van der Waals surface area contributed by atoms with Gasteiger partial charge in [0.25, 0.3) is 5.56 Å². The van der Waals surface area contributed by atoms with Gasteiger partial charge in [-0.1, -0.05) is 29.8 Å². The van der Waals surface area contributed by atoms with Crippen molar-refractivity contribution in [3.05, 3.63) is 81.7 Å². The number of fused-ring (bicyclic) bond motifs is 1. The monoisotopic (exact) mass is 531 g/mol. The van der Waals surface area contributed by atoms with Crippen molar-refractivity contribution in [2.45, 2.75) is 6.54 Å². The molecule has 0 bridgehead atoms. The van der Waals surface area contributed by atoms with Crippen LogP contribution in [0.3, 0.4) is 0 Å². The van der Waals surface area contributed by atoms with Gasteiger partial charge in [0.1, 0.15) is 5.82 Å². The summed E-state index contributed by atoms with van der Waals surface area (Å²) in [7, 11) is 5.97. The molecule has 1 aliphatic heterocycles. The molecule has 5 rings (SSSR count). The molecule has 1 saturated heterocycles. The number of halogens is 1. The lowest BCUT2D eigenvalue weighted by Gasteiger charge is -2.35. The molecule has 2 aromatic carbocycles. The fraction of sp³-hybridized carbons (Fsp3) is 0.345. The first-order valence-electron chi connectivity index (χ1n) is 12.9. The number of nitrogens with one attached hydrogen (secondary N) is 1. The Morgan fingerprint density at radius 2 is 1.76 bits per heavy atom. The minimum absolute atomic E-state index is 0.0433. The van der Waals surface area contributed by atoms with Crippen molar-refractivity contribution < 1.29 is 0 Å². The zero-order chi connectivity index (χ0) is 26.6. The number of hydrogen-bond donors (Lipinski definition) is 1. The maximum Gasteiger partial charge on any atom is 0.250 e. The molecule has 4 aromatic rings. The number of rotatable bonds is 8. The number of nitrogens with zero attached hydrogens (tertiary/aromatic N) is 6. The lowest BCUT2D eigenvalue weighted by molar-refractivity contribution is 0.229. The molecule has 0 saturated carbocycles. The summed E-state index contributed by atoms with van der Waals surface area (Å²) in [4.78, 5) is 29.2. The van der Waals surface area contributed by atoms with Crippen LogP contribution in [0.2, 0.25) is 5.02 Å². The Morgan fingerprint density at radius 1 is 0.974 bits per heavy atom. The predicted molar refractivity (Wildman–Crippen MR) is 156 cm³/mol. The van der Waals surface area contributed by atoms with Crippen molar-refractivity contribution in [2.75, 3.05) is 63.6 Å². The highest BCUT2D eigenvalue weighted by Crippen LogP contribution is 2.29. The number of hydrogen-bond acceptors (Lipinski definition) is 7. The Morgan fingerprint density at radius 3 is 2.50 bits per heavy atom. The molecule has 0 aliphatic carbocycles. The van der Waals surface area contributed by atoms with E-state index in [-0.39, 0.29) is 5.56 Å². The van der Waals surface area contributed by atoms with E-state index in [0.29, 0.717) is 11.6 Å². The van der Waals surface area contributed by atoms with Gasteiger partial charge in [0.05, 0.1) is 5.52 Å². The quantitative estimate of drug-likeness (QED) is 0.369. The number of likely N-dealkylation sites (N-methyl/N-ethyl adjacent to an activating group) is 1. The lowest BCUT2D eigenvalue weighted by atomic mass is 10.0. The maximum absolute atomic E-state index is 12.3. The third-order valence-corrected chi connectivity index (χ3v) is 7.22. The molecule has 2 aromatic heterocycles. The third kappa shape index (κ3) is 6.15. The molecular formula is C29H34ClN7O. The smallest absolute Gasteiger partial charge is 0.250 e. The van der Waals surface area contributed by atoms with E-state index in [0.717, 1.165) is 78.6 Å². The molecule has 3 heterocycles. The molecule has 0 unspecified atom stereocenters. The van der Waals surface area contributed by atoms with Gasteiger partial charge in [-0.3, -0.25) is 9.69 Å². The molecule has 0 atom stereocenters. The van der Waals surface area contributed by atoms with Crippen LogP contribution < -0.4 is 15.8 Å². The Hall–Kier alpha value is -3.46. The molecule has 1 fully saturated rings. The zero-order valence-electron chi connectivity index (χ0n) is 22.2. The Bertz CT molecular complexity index is 1480. The first-order valence-corrected chi connectivity index (χ1v) is 13.3. The molecular weight excluding hydrogens is 498 g/mol. The van der Waals surface area contributed by atoms with Crippen LogP contribution in [0.5, 0.6) is 0 Å². The summed E-state index contributed by atoms with van der Waals surface area (Å²) in [5.74, 6) is 1.50. The predicted octanol–water partition coefficient (Wildman–Crippen LogP) is 3.94. The van der Waals surface area contributed by atoms with Crippen LogP contribution in [0.1, 0.15) is 5.56 Å². The van der Waals surface area contributed by atoms with Gasteiger partial charge < -0.3 is 19.7 Å². The van der Waals surface area contributed by atoms with Crippen molar-refractivity contribution in [1.29, 1.82) is 0 Å². The standard InChI is InChI=1S/C29H34ClN7O/c1-34(2)11-12-36-13-15-37(16-14-36)29-32-26-8-7-22(23-9-10-35(3)27(38)19-23)18-25(26)28(33-29)31-20-21-5-4-6-24(30)17-21/h4-10,17-19H,11-16,20H2,1-3H3,(H,31,32,33). The number of aryl methyl sites for hydroxylation is 1. The van der Waals surface area contributed by atoms with E-state index in [4.69, 9.17) is 21.6 Å². The number of benzene rings is 2. The first kappa shape index (κ1) is 26.2. The zero-order valence-corrected chi connectivity index (χ0v) is 22.9. The molecule has 9 heteroatoms. The summed E-state index contributed by atoms with van der Waals surface area (Å²) in [5.41, 5.74) is 3.72. The molecule has 198 valence electrons. The van der Waals surface area contributed by atoms with Crippen LogP contribution in [-0.2, 0) is 13.6 Å². The SMILES string of the molecule is CN(C)CCN1CCN(c2nc(NCc3cccc(Cl)c3)c3cc(-c4ccn(C)c(=O)c4)ccc3n2)CC1. The lowest BCUT2D eigenvalue weighted by Crippen LogP contribution is -2.48. The minimum atomic E-state index is -0.0433. The van der Waals surface area contributed by atoms with Crippen molar-refractivity contribution in [3.8, 4) is 11.1 Å². The summed E-state index contributed by atoms with van der Waals surface area (Å²) in [6.07, 6.45) is 1.79. The molecule has 1 N–H and O–H groups in total. The van der Waals surface area contributed by atoms with Gasteiger partial charge in [0, 0.05) is 75.5 Å². The second-order valence-electron chi connectivity index (χ2n) is 10.1. The van der Waals surface area contributed by atoms with Crippen molar-refractivity contribution in [2.24, 2.45) is 7.05 Å². The number of anilines is 2. The van der Waals surface area contributed by atoms with E-state index in [2.05, 4.69) is 40.2 Å². The Balaban J connectivity index is 1.46. The summed E-state index contributed by atoms with van der Waals surface area (Å²) >= 11 is 6.22. The van der Waals surface area contributed by atoms with E-state index in [1.165, 1.54) is 0 Å². The van der Waals surface area contributed by atoms with Crippen molar-refractivity contribution >= 4 is 34.3 Å². The van der Waals surface area contributed by atoms with E-state index in [1.807, 2.05) is 42.5 Å². The normalized spacial score (nSPS) is 14.4. The van der Waals surface area contributed by atoms with Crippen LogP contribution in [0.4, 0.5) is 11.8 Å². The summed E-state index contributed by atoms with van der Waals surface area (Å²) in [5, 5.41) is 5.15. The number of piperazine rings is 1. The maximum atomic E-state index is 12.3. The molecule has 0 spiro atoms. The second kappa shape index (κ2) is 11.5. The van der Waals surface area contributed by atoms with E-state index in [1.54, 1.807) is 23.9 Å². The van der Waals surface area contributed by atoms with Gasteiger partial charge in [-0.25, -0.2) is 4.98 Å². The summed E-state index contributed by atoms with van der Waals surface area (Å²) in [6, 6.07) is 17.5. The van der Waals surface area contributed by atoms with Gasteiger partial charge >= 0.3 is 0 Å². The van der Waals surface area contributed by atoms with Crippen LogP contribution in [0, 0.1) is 0 Å². The summed E-state index contributed by atoms with van der Waals surface area (Å²) in [6.45, 7) is 6.46. The van der Waals surface area contributed by atoms with E-state index >= 15 is 0 Å². The van der Waals surface area contributed by atoms with Crippen LogP contribution in [0.15, 0.2) is 65.6 Å². The van der Waals surface area contributed by atoms with Gasteiger partial charge in [-0.05, 0) is 61.1 Å². The average Bonchev–Trinajstić information content (AvgIpc) is 2.92. The fourth-order valence-corrected chi connectivity index (χ4v) is 4.86. The van der Waals surface area contributed by atoms with Gasteiger partial charge in [-0.15, -0.1) is 0 Å². The molecule has 38 heavy (non-hydrogen) atoms. The van der Waals surface area contributed by atoms with Crippen LogP contribution in [-0.4, -0.2) is 77.7 Å². The molecule has 8 nitrogen and oxygen atoms in total. The average molecular weight is 532 g/mol. The van der Waals surface area contributed by atoms with Gasteiger partial charge in [0.15, 0.2) is 0 Å². The Labute approximate surface area is 228 Å². The number of aromatic nitrogens is 3. The molecule has 0 radical (unpaired) electrons. The van der Waals surface area contributed by atoms with Crippen molar-refractivity contribution in [3.63, 3.8) is 0 Å². The topological polar surface area (TPSA) is 69.5 Å². The fourth-order valence-electron chi connectivity index (χ4n) is 4.65. The summed E-state index contributed by atoms with van der Waals surface area (Å²) < 4.78 is 1.57. The van der Waals surface area contributed by atoms with Gasteiger partial charge in [-0.2, -0.15) is 4.98 Å². The minimum Gasteiger partial charge on any atom is -0.365 e.